The van der Waals surface area contributed by atoms with Crippen LogP contribution in [0.5, 0.6) is 5.75 Å². The first-order chi connectivity index (χ1) is 12.6. The minimum Gasteiger partial charge on any atom is -0.507 e. The van der Waals surface area contributed by atoms with E-state index in [0.717, 1.165) is 17.0 Å². The Hall–Kier alpha value is -2.85. The first-order valence-corrected chi connectivity index (χ1v) is 8.66. The lowest BCUT2D eigenvalue weighted by molar-refractivity contribution is 0.474. The highest BCUT2D eigenvalue weighted by Gasteiger charge is 2.31. The van der Waals surface area contributed by atoms with Crippen molar-refractivity contribution in [1.82, 2.24) is 0 Å². The molecular formula is C21H16ClFN2O. The zero-order chi connectivity index (χ0) is 18.1. The van der Waals surface area contributed by atoms with Crippen molar-refractivity contribution in [3.05, 3.63) is 94.8 Å². The van der Waals surface area contributed by atoms with Crippen LogP contribution in [0.3, 0.4) is 0 Å². The molecule has 0 amide bonds. The lowest BCUT2D eigenvalue weighted by Crippen LogP contribution is -2.18. The quantitative estimate of drug-likeness (QED) is 0.660. The van der Waals surface area contributed by atoms with Crippen LogP contribution in [0.4, 0.5) is 10.1 Å². The Bertz CT molecular complexity index is 958. The standard InChI is InChI=1S/C21H16ClFN2O/c22-15-8-11-21(26)18(12-15)19-13-20(14-6-9-16(23)10-7-14)25(24-19)17-4-2-1-3-5-17/h1-12,20,26H,13H2. The van der Waals surface area contributed by atoms with Gasteiger partial charge in [-0.1, -0.05) is 41.9 Å². The molecule has 3 nitrogen and oxygen atoms in total. The highest BCUT2D eigenvalue weighted by Crippen LogP contribution is 2.38. The molecule has 3 aromatic rings. The number of aromatic hydroxyl groups is 1. The van der Waals surface area contributed by atoms with Crippen molar-refractivity contribution in [3.8, 4) is 5.75 Å². The van der Waals surface area contributed by atoms with E-state index >= 15 is 0 Å². The van der Waals surface area contributed by atoms with E-state index in [-0.39, 0.29) is 17.6 Å². The van der Waals surface area contributed by atoms with Crippen LogP contribution in [0.15, 0.2) is 77.9 Å². The molecule has 1 N–H and O–H groups in total. The van der Waals surface area contributed by atoms with E-state index in [1.165, 1.54) is 12.1 Å². The number of anilines is 1. The third-order valence-corrected chi connectivity index (χ3v) is 4.69. The van der Waals surface area contributed by atoms with Gasteiger partial charge in [-0.3, -0.25) is 5.01 Å². The molecule has 1 atom stereocenters. The van der Waals surface area contributed by atoms with Gasteiger partial charge in [0.1, 0.15) is 11.6 Å². The molecule has 1 aliphatic rings. The molecule has 1 heterocycles. The summed E-state index contributed by atoms with van der Waals surface area (Å²) in [5, 5.41) is 17.4. The fourth-order valence-electron chi connectivity index (χ4n) is 3.18. The SMILES string of the molecule is Oc1ccc(Cl)cc1C1=NN(c2ccccc2)C(c2ccc(F)cc2)C1. The molecule has 5 heteroatoms. The van der Waals surface area contributed by atoms with E-state index in [2.05, 4.69) is 0 Å². The second kappa shape index (κ2) is 6.81. The maximum absolute atomic E-state index is 13.3. The second-order valence-corrected chi connectivity index (χ2v) is 6.60. The van der Waals surface area contributed by atoms with Crippen LogP contribution in [0, 0.1) is 5.82 Å². The molecule has 0 spiro atoms. The van der Waals surface area contributed by atoms with Gasteiger partial charge in [0.2, 0.25) is 0 Å². The molecule has 0 fully saturated rings. The summed E-state index contributed by atoms with van der Waals surface area (Å²) in [7, 11) is 0. The fraction of sp³-hybridized carbons (Fsp3) is 0.0952. The van der Waals surface area contributed by atoms with Crippen LogP contribution in [0.2, 0.25) is 5.02 Å². The molecule has 0 radical (unpaired) electrons. The van der Waals surface area contributed by atoms with E-state index in [1.807, 2.05) is 35.3 Å². The summed E-state index contributed by atoms with van der Waals surface area (Å²) >= 11 is 6.10. The number of hydrazone groups is 1. The molecule has 0 bridgehead atoms. The van der Waals surface area contributed by atoms with Crippen molar-refractivity contribution < 1.29 is 9.50 Å². The number of rotatable bonds is 3. The molecule has 1 unspecified atom stereocenters. The molecule has 0 saturated heterocycles. The van der Waals surface area contributed by atoms with Gasteiger partial charge < -0.3 is 5.11 Å². The minimum absolute atomic E-state index is 0.0913. The Labute approximate surface area is 156 Å². The summed E-state index contributed by atoms with van der Waals surface area (Å²) in [4.78, 5) is 0. The average Bonchev–Trinajstić information content (AvgIpc) is 3.10. The topological polar surface area (TPSA) is 35.8 Å². The number of nitrogens with zero attached hydrogens (tertiary/aromatic N) is 2. The Morgan fingerprint density at radius 3 is 2.46 bits per heavy atom. The molecule has 1 aliphatic heterocycles. The Morgan fingerprint density at radius 2 is 1.73 bits per heavy atom. The van der Waals surface area contributed by atoms with Gasteiger partial charge in [0.15, 0.2) is 0 Å². The predicted octanol–water partition coefficient (Wildman–Crippen LogP) is 5.54. The van der Waals surface area contributed by atoms with Gasteiger partial charge in [0.25, 0.3) is 0 Å². The number of hydrogen-bond acceptors (Lipinski definition) is 3. The van der Waals surface area contributed by atoms with Crippen LogP contribution in [0.25, 0.3) is 0 Å². The van der Waals surface area contributed by atoms with Crippen LogP contribution >= 0.6 is 11.6 Å². The van der Waals surface area contributed by atoms with Gasteiger partial charge >= 0.3 is 0 Å². The predicted molar refractivity (Wildman–Crippen MR) is 102 cm³/mol. The Morgan fingerprint density at radius 1 is 1.00 bits per heavy atom. The van der Waals surface area contributed by atoms with Crippen LogP contribution in [-0.2, 0) is 0 Å². The van der Waals surface area contributed by atoms with Crippen LogP contribution < -0.4 is 5.01 Å². The molecule has 0 aliphatic carbocycles. The van der Waals surface area contributed by atoms with Gasteiger partial charge in [-0.05, 0) is 48.0 Å². The van der Waals surface area contributed by atoms with Crippen molar-refractivity contribution in [2.45, 2.75) is 12.5 Å². The van der Waals surface area contributed by atoms with E-state index in [4.69, 9.17) is 16.7 Å². The molecule has 3 aromatic carbocycles. The van der Waals surface area contributed by atoms with Gasteiger partial charge in [0.05, 0.1) is 17.4 Å². The number of phenols is 1. The molecule has 0 saturated carbocycles. The lowest BCUT2D eigenvalue weighted by atomic mass is 9.97. The zero-order valence-corrected chi connectivity index (χ0v) is 14.6. The number of hydrogen-bond donors (Lipinski definition) is 1. The van der Waals surface area contributed by atoms with E-state index in [1.54, 1.807) is 30.3 Å². The fourth-order valence-corrected chi connectivity index (χ4v) is 3.35. The number of phenolic OH excluding ortho intramolecular Hbond substituents is 1. The average molecular weight is 367 g/mol. The molecular weight excluding hydrogens is 351 g/mol. The number of benzene rings is 3. The van der Waals surface area contributed by atoms with Crippen LogP contribution in [-0.4, -0.2) is 10.8 Å². The number of halogens is 2. The second-order valence-electron chi connectivity index (χ2n) is 6.16. The largest absolute Gasteiger partial charge is 0.507 e. The highest BCUT2D eigenvalue weighted by atomic mass is 35.5. The van der Waals surface area contributed by atoms with Gasteiger partial charge in [-0.15, -0.1) is 0 Å². The molecule has 4 rings (SSSR count). The Kier molecular flexibility index (Phi) is 4.35. The normalized spacial score (nSPS) is 16.6. The van der Waals surface area contributed by atoms with Crippen molar-refractivity contribution >= 4 is 23.0 Å². The van der Waals surface area contributed by atoms with Gasteiger partial charge in [0, 0.05) is 17.0 Å². The maximum atomic E-state index is 13.3. The minimum atomic E-state index is -0.272. The first kappa shape index (κ1) is 16.6. The van der Waals surface area contributed by atoms with Crippen molar-refractivity contribution in [2.75, 3.05) is 5.01 Å². The Balaban J connectivity index is 1.78. The summed E-state index contributed by atoms with van der Waals surface area (Å²) in [5.74, 6) is -0.132. The van der Waals surface area contributed by atoms with Crippen molar-refractivity contribution in [1.29, 1.82) is 0 Å². The molecule has 130 valence electrons. The van der Waals surface area contributed by atoms with E-state index in [0.29, 0.717) is 17.0 Å². The van der Waals surface area contributed by atoms with E-state index < -0.39 is 0 Å². The van der Waals surface area contributed by atoms with Crippen LogP contribution in [0.1, 0.15) is 23.6 Å². The third kappa shape index (κ3) is 3.16. The van der Waals surface area contributed by atoms with Crippen molar-refractivity contribution in [2.24, 2.45) is 5.10 Å². The lowest BCUT2D eigenvalue weighted by Gasteiger charge is -2.23. The smallest absolute Gasteiger partial charge is 0.124 e. The number of para-hydroxylation sites is 1. The van der Waals surface area contributed by atoms with E-state index in [9.17, 15) is 9.50 Å². The summed E-state index contributed by atoms with van der Waals surface area (Å²) in [6.45, 7) is 0. The summed E-state index contributed by atoms with van der Waals surface area (Å²) in [5.41, 5.74) is 3.24. The molecule has 26 heavy (non-hydrogen) atoms. The monoisotopic (exact) mass is 366 g/mol. The summed E-state index contributed by atoms with van der Waals surface area (Å²) in [6, 6.07) is 21.1. The molecule has 0 aromatic heterocycles. The summed E-state index contributed by atoms with van der Waals surface area (Å²) < 4.78 is 13.3. The highest BCUT2D eigenvalue weighted by molar-refractivity contribution is 6.31. The first-order valence-electron chi connectivity index (χ1n) is 8.28. The van der Waals surface area contributed by atoms with Crippen molar-refractivity contribution in [3.63, 3.8) is 0 Å². The van der Waals surface area contributed by atoms with Gasteiger partial charge in [-0.2, -0.15) is 5.10 Å². The maximum Gasteiger partial charge on any atom is 0.124 e. The zero-order valence-electron chi connectivity index (χ0n) is 13.8. The summed E-state index contributed by atoms with van der Waals surface area (Å²) in [6.07, 6.45) is 0.578. The third-order valence-electron chi connectivity index (χ3n) is 4.46. The van der Waals surface area contributed by atoms with Gasteiger partial charge in [-0.25, -0.2) is 4.39 Å².